The zero-order valence-corrected chi connectivity index (χ0v) is 20.7. The quantitative estimate of drug-likeness (QED) is 0.476. The number of piperidine rings is 3. The van der Waals surface area contributed by atoms with Gasteiger partial charge in [-0.25, -0.2) is 0 Å². The molecule has 1 atom stereocenters. The van der Waals surface area contributed by atoms with Crippen molar-refractivity contribution in [3.8, 4) is 0 Å². The lowest BCUT2D eigenvalue weighted by atomic mass is 9.65. The summed E-state index contributed by atoms with van der Waals surface area (Å²) in [6.07, 6.45) is 4.24. The van der Waals surface area contributed by atoms with Gasteiger partial charge in [0.05, 0.1) is 32.3 Å². The van der Waals surface area contributed by atoms with Gasteiger partial charge in [0, 0.05) is 19.3 Å². The van der Waals surface area contributed by atoms with Gasteiger partial charge < -0.3 is 31.7 Å². The van der Waals surface area contributed by atoms with E-state index in [1.165, 1.54) is 38.9 Å². The predicted octanol–water partition coefficient (Wildman–Crippen LogP) is 0.971. The number of halogens is 1. The fraction of sp³-hybridized carbons (Fsp3) is 0.379. The van der Waals surface area contributed by atoms with Gasteiger partial charge in [0.25, 0.3) is 0 Å². The highest BCUT2D eigenvalue weighted by Gasteiger charge is 2.49. The van der Waals surface area contributed by atoms with E-state index in [9.17, 15) is 5.11 Å². The molecule has 174 valence electrons. The van der Waals surface area contributed by atoms with Gasteiger partial charge >= 0.3 is 0 Å². The molecule has 6 rings (SSSR count). The Morgan fingerprint density at radius 2 is 1.21 bits per heavy atom. The Morgan fingerprint density at radius 3 is 1.70 bits per heavy atom. The number of fused-ring (bicyclic) bond motifs is 3. The van der Waals surface area contributed by atoms with Gasteiger partial charge in [-0.15, -0.1) is 0 Å². The van der Waals surface area contributed by atoms with E-state index >= 15 is 0 Å². The predicted molar refractivity (Wildman–Crippen MR) is 127 cm³/mol. The highest BCUT2D eigenvalue weighted by molar-refractivity contribution is 5.38. The minimum Gasteiger partial charge on any atom is -1.00 e. The summed E-state index contributed by atoms with van der Waals surface area (Å²) in [6, 6.07) is 30.5. The van der Waals surface area contributed by atoms with Crippen molar-refractivity contribution in [2.45, 2.75) is 44.0 Å². The SMILES string of the molecule is OC(c1ccccc1)(c1ccccc1)C(CC12CC[NH+](CC1)CC2)OCc1ccccc1.[Br-]. The van der Waals surface area contributed by atoms with Crippen LogP contribution in [-0.4, -0.2) is 30.8 Å². The molecule has 3 aromatic carbocycles. The normalized spacial score (nSPS) is 23.0. The van der Waals surface area contributed by atoms with E-state index in [-0.39, 0.29) is 28.5 Å². The first-order valence-corrected chi connectivity index (χ1v) is 12.0. The van der Waals surface area contributed by atoms with Crippen LogP contribution in [0, 0.1) is 5.41 Å². The molecule has 0 aliphatic carbocycles. The van der Waals surface area contributed by atoms with Crippen molar-refractivity contribution in [1.29, 1.82) is 0 Å². The summed E-state index contributed by atoms with van der Waals surface area (Å²) in [5.74, 6) is 0. The Balaban J connectivity index is 0.00000259. The second-order valence-corrected chi connectivity index (χ2v) is 9.74. The van der Waals surface area contributed by atoms with E-state index < -0.39 is 5.60 Å². The Labute approximate surface area is 208 Å². The van der Waals surface area contributed by atoms with Gasteiger partial charge in [0.1, 0.15) is 5.60 Å². The largest absolute Gasteiger partial charge is 1.00 e. The molecule has 2 bridgehead atoms. The van der Waals surface area contributed by atoms with Crippen molar-refractivity contribution in [2.24, 2.45) is 5.41 Å². The van der Waals surface area contributed by atoms with E-state index in [0.717, 1.165) is 23.1 Å². The smallest absolute Gasteiger partial charge is 0.141 e. The lowest BCUT2D eigenvalue weighted by molar-refractivity contribution is -0.919. The van der Waals surface area contributed by atoms with Crippen LogP contribution in [0.1, 0.15) is 42.4 Å². The highest BCUT2D eigenvalue weighted by atomic mass is 79.9. The van der Waals surface area contributed by atoms with Gasteiger partial charge in [0.2, 0.25) is 0 Å². The number of ether oxygens (including phenoxy) is 1. The average molecular weight is 509 g/mol. The maximum Gasteiger partial charge on any atom is 0.141 e. The number of hydrogen-bond donors (Lipinski definition) is 2. The molecule has 3 fully saturated rings. The summed E-state index contributed by atoms with van der Waals surface area (Å²) in [4.78, 5) is 1.75. The second-order valence-electron chi connectivity index (χ2n) is 9.74. The number of benzene rings is 3. The van der Waals surface area contributed by atoms with Crippen molar-refractivity contribution >= 4 is 0 Å². The second kappa shape index (κ2) is 10.5. The first-order chi connectivity index (χ1) is 15.7. The molecule has 3 nitrogen and oxygen atoms in total. The lowest BCUT2D eigenvalue weighted by Crippen LogP contribution is -3.15. The van der Waals surface area contributed by atoms with Crippen molar-refractivity contribution in [3.63, 3.8) is 0 Å². The van der Waals surface area contributed by atoms with Gasteiger partial charge in [-0.1, -0.05) is 91.0 Å². The Bertz CT molecular complexity index is 935. The minimum atomic E-state index is -1.20. The van der Waals surface area contributed by atoms with Crippen LogP contribution >= 0.6 is 0 Å². The van der Waals surface area contributed by atoms with Crippen molar-refractivity contribution in [1.82, 2.24) is 0 Å². The molecule has 4 heteroatoms. The Kier molecular flexibility index (Phi) is 7.70. The van der Waals surface area contributed by atoms with Crippen LogP contribution < -0.4 is 21.9 Å². The summed E-state index contributed by atoms with van der Waals surface area (Å²) in [5, 5.41) is 12.5. The molecule has 0 amide bonds. The molecule has 0 radical (unpaired) electrons. The van der Waals surface area contributed by atoms with Gasteiger partial charge in [0.15, 0.2) is 0 Å². The number of rotatable bonds is 8. The third-order valence-corrected chi connectivity index (χ3v) is 7.83. The summed E-state index contributed by atoms with van der Waals surface area (Å²) < 4.78 is 6.69. The molecule has 3 saturated heterocycles. The maximum absolute atomic E-state index is 12.5. The molecule has 3 aliphatic rings. The summed E-state index contributed by atoms with van der Waals surface area (Å²) in [7, 11) is 0. The molecule has 0 aromatic heterocycles. The molecule has 0 spiro atoms. The standard InChI is InChI=1S/C29H33NO2.BrH/c31-29(25-12-6-2-7-13-25,26-14-8-3-9-15-26)27(32-23-24-10-4-1-5-11-24)22-28-16-19-30(20-17-28)21-18-28;/h1-15,27,31H,16-23H2;1H. The lowest BCUT2D eigenvalue weighted by Gasteiger charge is -2.49. The first kappa shape index (κ1) is 24.2. The van der Waals surface area contributed by atoms with Gasteiger partial charge in [-0.2, -0.15) is 0 Å². The molecule has 1 unspecified atom stereocenters. The topological polar surface area (TPSA) is 33.9 Å². The van der Waals surface area contributed by atoms with Crippen molar-refractivity contribution in [2.75, 3.05) is 19.6 Å². The molecule has 3 heterocycles. The average Bonchev–Trinajstić information content (AvgIpc) is 2.89. The first-order valence-electron chi connectivity index (χ1n) is 12.0. The molecule has 2 N–H and O–H groups in total. The van der Waals surface area contributed by atoms with E-state index in [2.05, 4.69) is 12.1 Å². The number of nitrogens with one attached hydrogen (secondary N) is 1. The minimum absolute atomic E-state index is 0. The number of aliphatic hydroxyl groups is 1. The van der Waals surface area contributed by atoms with E-state index in [1.54, 1.807) is 4.90 Å². The molecule has 33 heavy (non-hydrogen) atoms. The number of hydrogen-bond acceptors (Lipinski definition) is 2. The Morgan fingerprint density at radius 1 is 0.758 bits per heavy atom. The van der Waals surface area contributed by atoms with Gasteiger partial charge in [-0.05, 0) is 28.5 Å². The third kappa shape index (κ3) is 5.09. The van der Waals surface area contributed by atoms with Crippen LogP contribution in [0.3, 0.4) is 0 Å². The van der Waals surface area contributed by atoms with Crippen molar-refractivity contribution < 1.29 is 31.7 Å². The summed E-state index contributed by atoms with van der Waals surface area (Å²) in [5.41, 5.74) is 2.01. The van der Waals surface area contributed by atoms with E-state index in [0.29, 0.717) is 6.61 Å². The third-order valence-electron chi connectivity index (χ3n) is 7.83. The Hall–Kier alpha value is -1.98. The fourth-order valence-corrected chi connectivity index (χ4v) is 5.80. The molecule has 3 aliphatic heterocycles. The number of quaternary nitrogens is 1. The molecule has 3 aromatic rings. The zero-order chi connectivity index (χ0) is 21.9. The fourth-order valence-electron chi connectivity index (χ4n) is 5.80. The molecule has 0 saturated carbocycles. The molecular weight excluding hydrogens is 474 g/mol. The summed E-state index contributed by atoms with van der Waals surface area (Å²) in [6.45, 7) is 4.25. The summed E-state index contributed by atoms with van der Waals surface area (Å²) >= 11 is 0. The van der Waals surface area contributed by atoms with Crippen LogP contribution in [0.5, 0.6) is 0 Å². The van der Waals surface area contributed by atoms with Crippen LogP contribution in [0.2, 0.25) is 0 Å². The van der Waals surface area contributed by atoms with E-state index in [1.807, 2.05) is 78.9 Å². The monoisotopic (exact) mass is 507 g/mol. The zero-order valence-electron chi connectivity index (χ0n) is 19.1. The van der Waals surface area contributed by atoms with Crippen LogP contribution in [-0.2, 0) is 16.9 Å². The van der Waals surface area contributed by atoms with Crippen LogP contribution in [0.25, 0.3) is 0 Å². The van der Waals surface area contributed by atoms with Gasteiger partial charge in [-0.3, -0.25) is 0 Å². The van der Waals surface area contributed by atoms with Crippen LogP contribution in [0.4, 0.5) is 0 Å². The van der Waals surface area contributed by atoms with Crippen LogP contribution in [0.15, 0.2) is 91.0 Å². The maximum atomic E-state index is 12.5. The highest BCUT2D eigenvalue weighted by Crippen LogP contribution is 2.45. The molecular formula is C29H34BrNO2. The van der Waals surface area contributed by atoms with E-state index in [4.69, 9.17) is 4.74 Å². The van der Waals surface area contributed by atoms with Crippen molar-refractivity contribution in [3.05, 3.63) is 108 Å².